The zero-order valence-electron chi connectivity index (χ0n) is 17.7. The van der Waals surface area contributed by atoms with E-state index in [9.17, 15) is 4.79 Å². The predicted octanol–water partition coefficient (Wildman–Crippen LogP) is 3.61. The minimum atomic E-state index is 0.110. The molecular weight excluding hydrogens is 364 g/mol. The van der Waals surface area contributed by atoms with E-state index in [4.69, 9.17) is 9.47 Å². The first-order valence-electron chi connectivity index (χ1n) is 11.5. The van der Waals surface area contributed by atoms with Gasteiger partial charge in [0.1, 0.15) is 17.6 Å². The number of amides is 1. The van der Waals surface area contributed by atoms with Gasteiger partial charge in [-0.2, -0.15) is 0 Å². The van der Waals surface area contributed by atoms with Gasteiger partial charge in [-0.1, -0.05) is 6.92 Å². The summed E-state index contributed by atoms with van der Waals surface area (Å²) in [5.41, 5.74) is 1.10. The number of hydrogen-bond donors (Lipinski definition) is 1. The van der Waals surface area contributed by atoms with Crippen molar-refractivity contribution >= 4 is 5.91 Å². The van der Waals surface area contributed by atoms with Gasteiger partial charge in [0.25, 0.3) is 0 Å². The summed E-state index contributed by atoms with van der Waals surface area (Å²) in [4.78, 5) is 15.3. The highest BCUT2D eigenvalue weighted by atomic mass is 16.5. The molecule has 0 spiro atoms. The van der Waals surface area contributed by atoms with Crippen LogP contribution in [0.1, 0.15) is 51.0 Å². The van der Waals surface area contributed by atoms with E-state index in [-0.39, 0.29) is 12.0 Å². The van der Waals surface area contributed by atoms with Crippen molar-refractivity contribution in [2.24, 2.45) is 23.7 Å². The van der Waals surface area contributed by atoms with Gasteiger partial charge in [-0.05, 0) is 80.4 Å². The van der Waals surface area contributed by atoms with Gasteiger partial charge in [0.05, 0.1) is 13.7 Å². The highest BCUT2D eigenvalue weighted by Crippen LogP contribution is 2.53. The Kier molecular flexibility index (Phi) is 5.19. The van der Waals surface area contributed by atoms with Crippen molar-refractivity contribution in [3.63, 3.8) is 0 Å². The maximum Gasteiger partial charge on any atom is 0.234 e. The molecule has 4 saturated carbocycles. The summed E-state index contributed by atoms with van der Waals surface area (Å²) in [6.07, 6.45) is 7.82. The molecule has 1 amide bonds. The first-order valence-corrected chi connectivity index (χ1v) is 11.5. The average Bonchev–Trinajstić information content (AvgIpc) is 2.88. The van der Waals surface area contributed by atoms with Crippen molar-refractivity contribution in [1.82, 2.24) is 10.2 Å². The van der Waals surface area contributed by atoms with Crippen LogP contribution in [0.15, 0.2) is 18.2 Å². The van der Waals surface area contributed by atoms with Crippen LogP contribution in [0.3, 0.4) is 0 Å². The molecule has 1 unspecified atom stereocenters. The first kappa shape index (κ1) is 19.2. The normalized spacial score (nSPS) is 35.5. The monoisotopic (exact) mass is 398 g/mol. The topological polar surface area (TPSA) is 50.8 Å². The van der Waals surface area contributed by atoms with Gasteiger partial charge in [0, 0.05) is 24.7 Å². The van der Waals surface area contributed by atoms with E-state index in [2.05, 4.69) is 17.1 Å². The summed E-state index contributed by atoms with van der Waals surface area (Å²) in [7, 11) is 1.68. The number of carbonyl (C=O) groups is 1. The largest absolute Gasteiger partial charge is 0.497 e. The van der Waals surface area contributed by atoms with Crippen LogP contribution < -0.4 is 14.8 Å². The van der Waals surface area contributed by atoms with E-state index in [0.717, 1.165) is 60.2 Å². The molecule has 0 aromatic heterocycles. The lowest BCUT2D eigenvalue weighted by atomic mass is 9.54. The van der Waals surface area contributed by atoms with E-state index >= 15 is 0 Å². The Morgan fingerprint density at radius 1 is 1.17 bits per heavy atom. The van der Waals surface area contributed by atoms with Crippen LogP contribution in [0.25, 0.3) is 0 Å². The molecule has 29 heavy (non-hydrogen) atoms. The Balaban J connectivity index is 1.26. The Bertz CT molecular complexity index is 736. The number of nitrogens with one attached hydrogen (secondary N) is 1. The Morgan fingerprint density at radius 3 is 2.55 bits per heavy atom. The van der Waals surface area contributed by atoms with Crippen molar-refractivity contribution in [3.05, 3.63) is 23.8 Å². The standard InChI is InChI=1S/C24H34N2O3/c1-3-20-13-26(12-19-11-21(28-2)4-5-22(19)29-20)14-23(27)25-24-17-7-15-6-16(9-17)10-18(24)8-15/h4-5,11,15-18,20,24H,3,6-10,12-14H2,1-2H3,(H,25,27). The fourth-order valence-electron chi connectivity index (χ4n) is 6.66. The van der Waals surface area contributed by atoms with Crippen molar-refractivity contribution < 1.29 is 14.3 Å². The molecule has 1 N–H and O–H groups in total. The number of hydrogen-bond acceptors (Lipinski definition) is 4. The number of methoxy groups -OCH3 is 1. The molecule has 6 rings (SSSR count). The van der Waals surface area contributed by atoms with Crippen LogP contribution in [0.4, 0.5) is 0 Å². The maximum absolute atomic E-state index is 13.0. The van der Waals surface area contributed by atoms with Gasteiger partial charge >= 0.3 is 0 Å². The Labute approximate surface area is 174 Å². The van der Waals surface area contributed by atoms with Gasteiger partial charge in [0.15, 0.2) is 0 Å². The van der Waals surface area contributed by atoms with Crippen LogP contribution >= 0.6 is 0 Å². The summed E-state index contributed by atoms with van der Waals surface area (Å²) in [5.74, 6) is 5.24. The quantitative estimate of drug-likeness (QED) is 0.823. The third kappa shape index (κ3) is 3.86. The molecular formula is C24H34N2O3. The molecule has 4 bridgehead atoms. The SMILES string of the molecule is CCC1CN(CC(=O)NC2C3CC4CC(C3)CC2C4)Cc2cc(OC)ccc2O1. The van der Waals surface area contributed by atoms with Crippen LogP contribution in [0.2, 0.25) is 0 Å². The van der Waals surface area contributed by atoms with Crippen LogP contribution in [0, 0.1) is 23.7 Å². The summed E-state index contributed by atoms with van der Waals surface area (Å²) < 4.78 is 11.6. The second-order valence-corrected chi connectivity index (χ2v) is 9.82. The van der Waals surface area contributed by atoms with E-state index in [0.29, 0.717) is 12.6 Å². The smallest absolute Gasteiger partial charge is 0.234 e. The Hall–Kier alpha value is -1.75. The first-order chi connectivity index (χ1) is 14.1. The predicted molar refractivity (Wildman–Crippen MR) is 112 cm³/mol. The van der Waals surface area contributed by atoms with Gasteiger partial charge in [-0.3, -0.25) is 9.69 Å². The van der Waals surface area contributed by atoms with Gasteiger partial charge < -0.3 is 14.8 Å². The fraction of sp³-hybridized carbons (Fsp3) is 0.708. The third-order valence-electron chi connectivity index (χ3n) is 7.79. The molecule has 5 heteroatoms. The summed E-state index contributed by atoms with van der Waals surface area (Å²) in [5, 5.41) is 3.46. The molecule has 4 aliphatic carbocycles. The van der Waals surface area contributed by atoms with E-state index in [1.165, 1.54) is 32.1 Å². The van der Waals surface area contributed by atoms with E-state index in [1.807, 2.05) is 18.2 Å². The van der Waals surface area contributed by atoms with Gasteiger partial charge in [-0.15, -0.1) is 0 Å². The highest BCUT2D eigenvalue weighted by Gasteiger charge is 2.48. The second kappa shape index (κ2) is 7.82. The van der Waals surface area contributed by atoms with Crippen molar-refractivity contribution in [2.45, 2.75) is 64.1 Å². The molecule has 1 aliphatic heterocycles. The number of ether oxygens (including phenoxy) is 2. The lowest BCUT2D eigenvalue weighted by Gasteiger charge is -2.54. The minimum absolute atomic E-state index is 0.110. The summed E-state index contributed by atoms with van der Waals surface area (Å²) in [6.45, 7) is 4.09. The number of rotatable bonds is 5. The lowest BCUT2D eigenvalue weighted by molar-refractivity contribution is -0.126. The zero-order chi connectivity index (χ0) is 20.0. The number of benzene rings is 1. The number of nitrogens with zero attached hydrogens (tertiary/aromatic N) is 1. The fourth-order valence-corrected chi connectivity index (χ4v) is 6.66. The Morgan fingerprint density at radius 2 is 1.90 bits per heavy atom. The van der Waals surface area contributed by atoms with Crippen LogP contribution in [0.5, 0.6) is 11.5 Å². The molecule has 0 saturated heterocycles. The van der Waals surface area contributed by atoms with Crippen molar-refractivity contribution in [3.8, 4) is 11.5 Å². The van der Waals surface area contributed by atoms with Crippen molar-refractivity contribution in [1.29, 1.82) is 0 Å². The average molecular weight is 399 g/mol. The molecule has 1 aromatic carbocycles. The lowest BCUT2D eigenvalue weighted by Crippen LogP contribution is -2.57. The highest BCUT2D eigenvalue weighted by molar-refractivity contribution is 5.78. The third-order valence-corrected chi connectivity index (χ3v) is 7.79. The van der Waals surface area contributed by atoms with E-state index in [1.54, 1.807) is 7.11 Å². The van der Waals surface area contributed by atoms with Crippen LogP contribution in [-0.2, 0) is 11.3 Å². The van der Waals surface area contributed by atoms with Crippen molar-refractivity contribution in [2.75, 3.05) is 20.2 Å². The second-order valence-electron chi connectivity index (χ2n) is 9.82. The van der Waals surface area contributed by atoms with Gasteiger partial charge in [-0.25, -0.2) is 0 Å². The molecule has 5 aliphatic rings. The van der Waals surface area contributed by atoms with E-state index < -0.39 is 0 Å². The molecule has 1 heterocycles. The molecule has 4 fully saturated rings. The summed E-state index contributed by atoms with van der Waals surface area (Å²) >= 11 is 0. The summed E-state index contributed by atoms with van der Waals surface area (Å²) in [6, 6.07) is 6.39. The number of fused-ring (bicyclic) bond motifs is 1. The molecule has 0 radical (unpaired) electrons. The number of carbonyl (C=O) groups excluding carboxylic acids is 1. The molecule has 1 atom stereocenters. The minimum Gasteiger partial charge on any atom is -0.497 e. The zero-order valence-corrected chi connectivity index (χ0v) is 17.7. The molecule has 1 aromatic rings. The van der Waals surface area contributed by atoms with Gasteiger partial charge in [0.2, 0.25) is 5.91 Å². The maximum atomic E-state index is 13.0. The molecule has 158 valence electrons. The molecule has 5 nitrogen and oxygen atoms in total. The van der Waals surface area contributed by atoms with Crippen LogP contribution in [-0.4, -0.2) is 43.2 Å².